The molecule has 182 valence electrons. The molecule has 0 radical (unpaired) electrons. The first-order valence-corrected chi connectivity index (χ1v) is 11.2. The first kappa shape index (κ1) is 24.7. The Morgan fingerprint density at radius 1 is 1.42 bits per heavy atom. The number of nitrogens with zero attached hydrogens (tertiary/aromatic N) is 5. The van der Waals surface area contributed by atoms with Crippen LogP contribution in [-0.2, 0) is 4.79 Å². The lowest BCUT2D eigenvalue weighted by atomic mass is 10.1. The standard InChI is InChI=1S/C21H31F3N8O/c1-15-18(13-32(30-15)16-6-8-26-11-16)28-12-17(21(22,23)24)20(29-14-25)27-7-4-10-31-9-3-2-5-19(31)33/h12-14,16,26,28H,2-11H2,1H3,(H2,25,27,29). The van der Waals surface area contributed by atoms with Crippen molar-refractivity contribution in [3.63, 3.8) is 0 Å². The first-order chi connectivity index (χ1) is 15.8. The molecule has 1 aromatic heterocycles. The van der Waals surface area contributed by atoms with Crippen LogP contribution in [0.15, 0.2) is 28.0 Å². The molecule has 1 unspecified atom stereocenters. The van der Waals surface area contributed by atoms with Crippen LogP contribution in [0.1, 0.15) is 43.8 Å². The lowest BCUT2D eigenvalue weighted by Gasteiger charge is -2.26. The van der Waals surface area contributed by atoms with E-state index in [-0.39, 0.29) is 18.5 Å². The molecule has 1 amide bonds. The van der Waals surface area contributed by atoms with Gasteiger partial charge in [0.05, 0.1) is 23.8 Å². The Labute approximate surface area is 191 Å². The number of piperidine rings is 1. The summed E-state index contributed by atoms with van der Waals surface area (Å²) in [7, 11) is 0. The number of aromatic nitrogens is 2. The highest BCUT2D eigenvalue weighted by atomic mass is 19.4. The summed E-state index contributed by atoms with van der Waals surface area (Å²) in [6.45, 7) is 4.62. The number of hydrogen-bond donors (Lipinski definition) is 3. The summed E-state index contributed by atoms with van der Waals surface area (Å²) >= 11 is 0. The van der Waals surface area contributed by atoms with E-state index in [1.54, 1.807) is 22.7 Å². The molecule has 3 heterocycles. The van der Waals surface area contributed by atoms with Crippen LogP contribution in [0.25, 0.3) is 0 Å². The van der Waals surface area contributed by atoms with Crippen molar-refractivity contribution in [2.45, 2.75) is 51.2 Å². The Kier molecular flexibility index (Phi) is 8.48. The molecule has 0 aromatic carbocycles. The van der Waals surface area contributed by atoms with Gasteiger partial charge in [0.25, 0.3) is 0 Å². The van der Waals surface area contributed by atoms with Crippen LogP contribution in [0.2, 0.25) is 0 Å². The van der Waals surface area contributed by atoms with Gasteiger partial charge >= 0.3 is 6.18 Å². The van der Waals surface area contributed by atoms with Crippen LogP contribution in [0, 0.1) is 6.92 Å². The number of halogens is 3. The second kappa shape index (κ2) is 11.3. The van der Waals surface area contributed by atoms with Gasteiger partial charge in [0.1, 0.15) is 5.57 Å². The summed E-state index contributed by atoms with van der Waals surface area (Å²) in [5.41, 5.74) is 5.33. The number of alkyl halides is 3. The van der Waals surface area contributed by atoms with Gasteiger partial charge < -0.3 is 21.3 Å². The van der Waals surface area contributed by atoms with Crippen molar-refractivity contribution in [1.29, 1.82) is 0 Å². The SMILES string of the molecule is Cc1nn(C2CCNC2)cc1NC=C(C(N=CN)=NCCCN1CCCCC1=O)C(F)(F)F. The van der Waals surface area contributed by atoms with Crippen LogP contribution < -0.4 is 16.4 Å². The molecule has 0 saturated carbocycles. The number of amides is 1. The maximum absolute atomic E-state index is 13.8. The predicted molar refractivity (Wildman–Crippen MR) is 121 cm³/mol. The molecule has 0 aliphatic carbocycles. The average molecular weight is 469 g/mol. The van der Waals surface area contributed by atoms with Crippen LogP contribution in [0.3, 0.4) is 0 Å². The fourth-order valence-electron chi connectivity index (χ4n) is 3.91. The predicted octanol–water partition coefficient (Wildman–Crippen LogP) is 2.37. The molecule has 0 bridgehead atoms. The lowest BCUT2D eigenvalue weighted by Crippen LogP contribution is -2.36. The van der Waals surface area contributed by atoms with Gasteiger partial charge in [-0.25, -0.2) is 4.99 Å². The van der Waals surface area contributed by atoms with Gasteiger partial charge in [-0.05, 0) is 39.2 Å². The summed E-state index contributed by atoms with van der Waals surface area (Å²) in [4.78, 5) is 21.3. The zero-order chi connectivity index (χ0) is 23.8. The maximum atomic E-state index is 13.8. The van der Waals surface area contributed by atoms with Crippen molar-refractivity contribution in [1.82, 2.24) is 20.0 Å². The molecule has 2 aliphatic rings. The first-order valence-electron chi connectivity index (χ1n) is 11.2. The Hall–Kier alpha value is -2.89. The van der Waals surface area contributed by atoms with Gasteiger partial charge in [0, 0.05) is 45.0 Å². The van der Waals surface area contributed by atoms with Gasteiger partial charge in [0.15, 0.2) is 5.84 Å². The maximum Gasteiger partial charge on any atom is 0.421 e. The van der Waals surface area contributed by atoms with Crippen molar-refractivity contribution < 1.29 is 18.0 Å². The summed E-state index contributed by atoms with van der Waals surface area (Å²) in [6.07, 6.45) is 2.35. The van der Waals surface area contributed by atoms with Gasteiger partial charge in [-0.3, -0.25) is 14.5 Å². The van der Waals surface area contributed by atoms with Crippen LogP contribution >= 0.6 is 0 Å². The van der Waals surface area contributed by atoms with E-state index < -0.39 is 17.6 Å². The van der Waals surface area contributed by atoms with Crippen molar-refractivity contribution >= 4 is 23.8 Å². The zero-order valence-corrected chi connectivity index (χ0v) is 18.7. The van der Waals surface area contributed by atoms with E-state index in [0.29, 0.717) is 37.3 Å². The Balaban J connectivity index is 1.71. The number of aliphatic imine (C=N–C) groups is 2. The van der Waals surface area contributed by atoms with E-state index in [2.05, 4.69) is 25.7 Å². The number of carbonyl (C=O) groups is 1. The van der Waals surface area contributed by atoms with Gasteiger partial charge in [-0.1, -0.05) is 0 Å². The minimum Gasteiger partial charge on any atom is -0.390 e. The van der Waals surface area contributed by atoms with Gasteiger partial charge in [0.2, 0.25) is 5.91 Å². The Bertz CT molecular complexity index is 900. The summed E-state index contributed by atoms with van der Waals surface area (Å²) in [6, 6.07) is 0.177. The highest BCUT2D eigenvalue weighted by Crippen LogP contribution is 2.28. The number of amidine groups is 1. The van der Waals surface area contributed by atoms with Crippen LogP contribution in [0.5, 0.6) is 0 Å². The molecule has 1 atom stereocenters. The van der Waals surface area contributed by atoms with Crippen molar-refractivity contribution in [2.75, 3.05) is 38.0 Å². The van der Waals surface area contributed by atoms with E-state index in [1.165, 1.54) is 0 Å². The van der Waals surface area contributed by atoms with E-state index in [4.69, 9.17) is 5.73 Å². The van der Waals surface area contributed by atoms with Crippen molar-refractivity contribution in [3.8, 4) is 0 Å². The molecule has 3 rings (SSSR count). The quantitative estimate of drug-likeness (QED) is 0.308. The number of likely N-dealkylation sites (tertiary alicyclic amines) is 1. The molecule has 4 N–H and O–H groups in total. The van der Waals surface area contributed by atoms with E-state index in [1.807, 2.05) is 0 Å². The lowest BCUT2D eigenvalue weighted by molar-refractivity contribution is -0.133. The molecular weight excluding hydrogens is 437 g/mol. The van der Waals surface area contributed by atoms with Gasteiger partial charge in [-0.15, -0.1) is 0 Å². The van der Waals surface area contributed by atoms with E-state index in [0.717, 1.165) is 44.9 Å². The number of nitrogens with one attached hydrogen (secondary N) is 2. The summed E-state index contributed by atoms with van der Waals surface area (Å²) < 4.78 is 43.2. The number of anilines is 1. The number of aryl methyl sites for hydroxylation is 1. The fraction of sp³-hybridized carbons (Fsp3) is 0.619. The molecule has 0 spiro atoms. The smallest absolute Gasteiger partial charge is 0.390 e. The van der Waals surface area contributed by atoms with Crippen molar-refractivity contribution in [3.05, 3.63) is 23.7 Å². The molecule has 33 heavy (non-hydrogen) atoms. The largest absolute Gasteiger partial charge is 0.421 e. The third-order valence-corrected chi connectivity index (χ3v) is 5.71. The number of carbonyl (C=O) groups excluding carboxylic acids is 1. The third kappa shape index (κ3) is 6.80. The Morgan fingerprint density at radius 2 is 2.24 bits per heavy atom. The number of rotatable bonds is 8. The monoisotopic (exact) mass is 468 g/mol. The Morgan fingerprint density at radius 3 is 2.91 bits per heavy atom. The van der Waals surface area contributed by atoms with Gasteiger partial charge in [-0.2, -0.15) is 18.3 Å². The third-order valence-electron chi connectivity index (χ3n) is 5.71. The average Bonchev–Trinajstić information content (AvgIpc) is 3.41. The molecule has 2 saturated heterocycles. The minimum absolute atomic E-state index is 0.0785. The fourth-order valence-corrected chi connectivity index (χ4v) is 3.91. The minimum atomic E-state index is -4.69. The highest BCUT2D eigenvalue weighted by Gasteiger charge is 2.37. The molecular formula is C21H31F3N8O. The molecule has 2 fully saturated rings. The molecule has 9 nitrogen and oxygen atoms in total. The van der Waals surface area contributed by atoms with E-state index >= 15 is 0 Å². The second-order valence-corrected chi connectivity index (χ2v) is 8.13. The highest BCUT2D eigenvalue weighted by molar-refractivity contribution is 6.03. The summed E-state index contributed by atoms with van der Waals surface area (Å²) in [5.74, 6) is -0.428. The number of hydrogen-bond acceptors (Lipinski definition) is 5. The van der Waals surface area contributed by atoms with Crippen LogP contribution in [0.4, 0.5) is 18.9 Å². The zero-order valence-electron chi connectivity index (χ0n) is 18.7. The topological polar surface area (TPSA) is 113 Å². The molecule has 12 heteroatoms. The summed E-state index contributed by atoms with van der Waals surface area (Å²) in [5, 5.41) is 10.4. The van der Waals surface area contributed by atoms with Crippen LogP contribution in [-0.4, -0.2) is 71.7 Å². The van der Waals surface area contributed by atoms with Crippen molar-refractivity contribution in [2.24, 2.45) is 15.7 Å². The second-order valence-electron chi connectivity index (χ2n) is 8.13. The van der Waals surface area contributed by atoms with E-state index in [9.17, 15) is 18.0 Å². The number of nitrogens with two attached hydrogens (primary N) is 1. The molecule has 1 aromatic rings. The normalized spacial score (nSPS) is 20.8. The molecule has 2 aliphatic heterocycles.